The molecule has 0 atom stereocenters. The minimum atomic E-state index is -0.103. The Morgan fingerprint density at radius 1 is 1.20 bits per heavy atom. The molecule has 0 unspecified atom stereocenters. The summed E-state index contributed by atoms with van der Waals surface area (Å²) in [4.78, 5) is 20.9. The molecule has 2 aromatic rings. The third-order valence-electron chi connectivity index (χ3n) is 4.54. The van der Waals surface area contributed by atoms with E-state index in [0.29, 0.717) is 12.2 Å². The van der Waals surface area contributed by atoms with Gasteiger partial charge in [0.1, 0.15) is 5.69 Å². The highest BCUT2D eigenvalue weighted by atomic mass is 16.1. The molecule has 132 valence electrons. The van der Waals surface area contributed by atoms with Crippen LogP contribution in [0.25, 0.3) is 0 Å². The van der Waals surface area contributed by atoms with Crippen LogP contribution in [0.4, 0.5) is 5.69 Å². The Morgan fingerprint density at radius 3 is 2.72 bits per heavy atom. The number of pyridine rings is 1. The van der Waals surface area contributed by atoms with Crippen LogP contribution in [-0.4, -0.2) is 49.5 Å². The molecule has 2 heterocycles. The predicted molar refractivity (Wildman–Crippen MR) is 101 cm³/mol. The van der Waals surface area contributed by atoms with E-state index in [4.69, 9.17) is 0 Å². The van der Waals surface area contributed by atoms with Gasteiger partial charge in [-0.05, 0) is 56.7 Å². The van der Waals surface area contributed by atoms with Crippen molar-refractivity contribution < 1.29 is 4.79 Å². The number of carbonyl (C=O) groups is 1. The van der Waals surface area contributed by atoms with Crippen LogP contribution in [0.1, 0.15) is 28.0 Å². The number of nitrogens with one attached hydrogen (secondary N) is 1. The zero-order valence-electron chi connectivity index (χ0n) is 15.0. The molecule has 1 aliphatic heterocycles. The molecule has 5 nitrogen and oxygen atoms in total. The van der Waals surface area contributed by atoms with Crippen LogP contribution >= 0.6 is 0 Å². The van der Waals surface area contributed by atoms with Gasteiger partial charge in [0.15, 0.2) is 0 Å². The summed E-state index contributed by atoms with van der Waals surface area (Å²) in [6, 6.07) is 12.4. The third-order valence-corrected chi connectivity index (χ3v) is 4.54. The Labute approximate surface area is 149 Å². The molecule has 1 amide bonds. The number of carbonyl (C=O) groups excluding carboxylic acids is 1. The van der Waals surface area contributed by atoms with Gasteiger partial charge in [-0.1, -0.05) is 24.3 Å². The van der Waals surface area contributed by atoms with Crippen LogP contribution in [-0.2, 0) is 13.0 Å². The molecule has 3 rings (SSSR count). The van der Waals surface area contributed by atoms with Gasteiger partial charge in [0, 0.05) is 19.6 Å². The fourth-order valence-corrected chi connectivity index (χ4v) is 3.11. The molecular formula is C20H26N4O. The molecule has 1 N–H and O–H groups in total. The van der Waals surface area contributed by atoms with Crippen molar-refractivity contribution in [1.82, 2.24) is 15.2 Å². The molecule has 0 saturated carbocycles. The Morgan fingerprint density at radius 2 is 2.00 bits per heavy atom. The molecule has 5 heteroatoms. The lowest BCUT2D eigenvalue weighted by Gasteiger charge is -2.30. The summed E-state index contributed by atoms with van der Waals surface area (Å²) in [7, 11) is 4.06. The highest BCUT2D eigenvalue weighted by Gasteiger charge is 2.16. The van der Waals surface area contributed by atoms with Crippen molar-refractivity contribution in [3.63, 3.8) is 0 Å². The van der Waals surface area contributed by atoms with E-state index < -0.39 is 0 Å². The zero-order valence-corrected chi connectivity index (χ0v) is 15.0. The van der Waals surface area contributed by atoms with Crippen molar-refractivity contribution in [2.24, 2.45) is 0 Å². The lowest BCUT2D eigenvalue weighted by atomic mass is 10.00. The molecule has 0 saturated heterocycles. The minimum Gasteiger partial charge on any atom is -0.366 e. The molecule has 25 heavy (non-hydrogen) atoms. The maximum absolute atomic E-state index is 12.1. The largest absolute Gasteiger partial charge is 0.366 e. The molecule has 1 aromatic carbocycles. The summed E-state index contributed by atoms with van der Waals surface area (Å²) in [6.45, 7) is 3.51. The molecule has 1 aliphatic rings. The first-order chi connectivity index (χ1) is 12.1. The van der Waals surface area contributed by atoms with Gasteiger partial charge in [0.25, 0.3) is 5.91 Å². The van der Waals surface area contributed by atoms with Crippen molar-refractivity contribution >= 4 is 11.6 Å². The fourth-order valence-electron chi connectivity index (χ4n) is 3.11. The smallest absolute Gasteiger partial charge is 0.269 e. The average molecular weight is 338 g/mol. The highest BCUT2D eigenvalue weighted by Crippen LogP contribution is 2.23. The van der Waals surface area contributed by atoms with E-state index in [9.17, 15) is 4.79 Å². The van der Waals surface area contributed by atoms with E-state index in [1.807, 2.05) is 32.4 Å². The van der Waals surface area contributed by atoms with E-state index in [0.717, 1.165) is 38.2 Å². The van der Waals surface area contributed by atoms with E-state index in [1.54, 1.807) is 0 Å². The van der Waals surface area contributed by atoms with Gasteiger partial charge < -0.3 is 15.1 Å². The molecule has 0 bridgehead atoms. The molecule has 0 spiro atoms. The van der Waals surface area contributed by atoms with Crippen LogP contribution in [0.15, 0.2) is 42.6 Å². The number of amides is 1. The quantitative estimate of drug-likeness (QED) is 0.821. The van der Waals surface area contributed by atoms with Gasteiger partial charge in [-0.3, -0.25) is 4.79 Å². The lowest BCUT2D eigenvalue weighted by molar-refractivity contribution is 0.0947. The van der Waals surface area contributed by atoms with Gasteiger partial charge in [-0.15, -0.1) is 0 Å². The standard InChI is InChI=1S/C20H26N4O/c1-23(2)12-5-11-21-20(25)19-9-8-18(14-22-19)24-13-10-16-6-3-4-7-17(16)15-24/h3-4,6-9,14H,5,10-13,15H2,1-2H3,(H,21,25). The van der Waals surface area contributed by atoms with Gasteiger partial charge in [0.05, 0.1) is 11.9 Å². The molecule has 0 radical (unpaired) electrons. The normalized spacial score (nSPS) is 13.6. The lowest BCUT2D eigenvalue weighted by Crippen LogP contribution is -2.31. The Bertz CT molecular complexity index is 712. The average Bonchev–Trinajstić information content (AvgIpc) is 2.64. The monoisotopic (exact) mass is 338 g/mol. The number of fused-ring (bicyclic) bond motifs is 1. The van der Waals surface area contributed by atoms with Crippen molar-refractivity contribution in [1.29, 1.82) is 0 Å². The van der Waals surface area contributed by atoms with E-state index in [2.05, 4.69) is 44.4 Å². The van der Waals surface area contributed by atoms with Gasteiger partial charge in [-0.2, -0.15) is 0 Å². The van der Waals surface area contributed by atoms with Gasteiger partial charge in [-0.25, -0.2) is 4.98 Å². The SMILES string of the molecule is CN(C)CCCNC(=O)c1ccc(N2CCc3ccccc3C2)cn1. The van der Waals surface area contributed by atoms with Crippen molar-refractivity contribution in [3.8, 4) is 0 Å². The predicted octanol–water partition coefficient (Wildman–Crippen LogP) is 2.33. The maximum atomic E-state index is 12.1. The summed E-state index contributed by atoms with van der Waals surface area (Å²) >= 11 is 0. The second-order valence-corrected chi connectivity index (χ2v) is 6.75. The van der Waals surface area contributed by atoms with E-state index in [1.165, 1.54) is 11.1 Å². The van der Waals surface area contributed by atoms with E-state index in [-0.39, 0.29) is 5.91 Å². The number of hydrogen-bond donors (Lipinski definition) is 1. The van der Waals surface area contributed by atoms with Gasteiger partial charge in [0.2, 0.25) is 0 Å². The van der Waals surface area contributed by atoms with Crippen LogP contribution in [0.3, 0.4) is 0 Å². The zero-order chi connectivity index (χ0) is 17.6. The van der Waals surface area contributed by atoms with Crippen LogP contribution < -0.4 is 10.2 Å². The van der Waals surface area contributed by atoms with Crippen LogP contribution in [0, 0.1) is 0 Å². The summed E-state index contributed by atoms with van der Waals surface area (Å²) < 4.78 is 0. The molecule has 0 fully saturated rings. The van der Waals surface area contributed by atoms with Crippen molar-refractivity contribution in [2.75, 3.05) is 38.6 Å². The number of anilines is 1. The number of rotatable bonds is 6. The summed E-state index contributed by atoms with van der Waals surface area (Å²) in [5.74, 6) is -0.103. The van der Waals surface area contributed by atoms with Crippen LogP contribution in [0.2, 0.25) is 0 Å². The molecule has 0 aliphatic carbocycles. The number of nitrogens with zero attached hydrogens (tertiary/aromatic N) is 3. The summed E-state index contributed by atoms with van der Waals surface area (Å²) in [6.07, 6.45) is 3.79. The first-order valence-electron chi connectivity index (χ1n) is 8.84. The first kappa shape index (κ1) is 17.4. The summed E-state index contributed by atoms with van der Waals surface area (Å²) in [5.41, 5.74) is 4.35. The minimum absolute atomic E-state index is 0.103. The topological polar surface area (TPSA) is 48.5 Å². The molecule has 1 aromatic heterocycles. The number of benzene rings is 1. The fraction of sp³-hybridized carbons (Fsp3) is 0.400. The maximum Gasteiger partial charge on any atom is 0.269 e. The second kappa shape index (κ2) is 8.12. The molecular weight excluding hydrogens is 312 g/mol. The second-order valence-electron chi connectivity index (χ2n) is 6.75. The Kier molecular flexibility index (Phi) is 5.66. The Balaban J connectivity index is 1.56. The van der Waals surface area contributed by atoms with Gasteiger partial charge >= 0.3 is 0 Å². The Hall–Kier alpha value is -2.40. The summed E-state index contributed by atoms with van der Waals surface area (Å²) in [5, 5.41) is 2.92. The number of aromatic nitrogens is 1. The van der Waals surface area contributed by atoms with Crippen molar-refractivity contribution in [2.45, 2.75) is 19.4 Å². The highest BCUT2D eigenvalue weighted by molar-refractivity contribution is 5.92. The number of hydrogen-bond acceptors (Lipinski definition) is 4. The van der Waals surface area contributed by atoms with Crippen molar-refractivity contribution in [3.05, 3.63) is 59.4 Å². The first-order valence-corrected chi connectivity index (χ1v) is 8.84. The van der Waals surface area contributed by atoms with E-state index >= 15 is 0 Å². The third kappa shape index (κ3) is 4.57. The van der Waals surface area contributed by atoms with Crippen LogP contribution in [0.5, 0.6) is 0 Å².